The van der Waals surface area contributed by atoms with Gasteiger partial charge in [0.15, 0.2) is 0 Å². The van der Waals surface area contributed by atoms with E-state index in [9.17, 15) is 5.11 Å². The Morgan fingerprint density at radius 2 is 2.17 bits per heavy atom. The van der Waals surface area contributed by atoms with E-state index in [2.05, 4.69) is 15.9 Å². The molecule has 0 fully saturated rings. The lowest BCUT2D eigenvalue weighted by Crippen LogP contribution is -2.04. The maximum atomic E-state index is 9.31. The van der Waals surface area contributed by atoms with Crippen molar-refractivity contribution in [2.24, 2.45) is 5.73 Å². The number of aromatic hydroxyl groups is 1. The quantitative estimate of drug-likeness (QED) is 0.815. The summed E-state index contributed by atoms with van der Waals surface area (Å²) in [7, 11) is 0. The number of phenolic OH excluding ortho intramolecular Hbond substituents is 1. The smallest absolute Gasteiger partial charge is 0.130 e. The Bertz CT molecular complexity index is 286. The third-order valence-electron chi connectivity index (χ3n) is 1.89. The van der Waals surface area contributed by atoms with E-state index in [0.29, 0.717) is 6.54 Å². The standard InChI is InChI=1S/C9H12BrNO/c1-6-7(4-5-11)2-3-8(12)9(6)10/h2-3,12H,4-5,11H2,1H3. The summed E-state index contributed by atoms with van der Waals surface area (Å²) in [5.41, 5.74) is 7.69. The van der Waals surface area contributed by atoms with Crippen LogP contribution >= 0.6 is 15.9 Å². The van der Waals surface area contributed by atoms with Crippen molar-refractivity contribution in [2.45, 2.75) is 13.3 Å². The summed E-state index contributed by atoms with van der Waals surface area (Å²) in [5.74, 6) is 0.285. The molecule has 12 heavy (non-hydrogen) atoms. The van der Waals surface area contributed by atoms with Crippen LogP contribution in [0.3, 0.4) is 0 Å². The van der Waals surface area contributed by atoms with Crippen LogP contribution in [-0.2, 0) is 6.42 Å². The number of rotatable bonds is 2. The monoisotopic (exact) mass is 229 g/mol. The van der Waals surface area contributed by atoms with Crippen LogP contribution in [0.2, 0.25) is 0 Å². The Balaban J connectivity index is 3.08. The molecule has 0 bridgehead atoms. The van der Waals surface area contributed by atoms with Gasteiger partial charge in [-0.2, -0.15) is 0 Å². The predicted molar refractivity (Wildman–Crippen MR) is 53.3 cm³/mol. The van der Waals surface area contributed by atoms with E-state index in [1.807, 2.05) is 13.0 Å². The maximum Gasteiger partial charge on any atom is 0.130 e. The molecule has 1 rings (SSSR count). The lowest BCUT2D eigenvalue weighted by Gasteiger charge is -2.07. The highest BCUT2D eigenvalue weighted by atomic mass is 79.9. The second kappa shape index (κ2) is 3.92. The number of hydrogen-bond acceptors (Lipinski definition) is 2. The minimum absolute atomic E-state index is 0.285. The highest BCUT2D eigenvalue weighted by Crippen LogP contribution is 2.29. The van der Waals surface area contributed by atoms with E-state index in [1.54, 1.807) is 6.07 Å². The third-order valence-corrected chi connectivity index (χ3v) is 2.89. The van der Waals surface area contributed by atoms with E-state index in [0.717, 1.165) is 16.5 Å². The van der Waals surface area contributed by atoms with E-state index < -0.39 is 0 Å². The van der Waals surface area contributed by atoms with Crippen LogP contribution in [0, 0.1) is 6.92 Å². The summed E-state index contributed by atoms with van der Waals surface area (Å²) >= 11 is 3.31. The van der Waals surface area contributed by atoms with Gasteiger partial charge in [-0.1, -0.05) is 6.07 Å². The Morgan fingerprint density at radius 3 is 2.75 bits per heavy atom. The molecule has 0 saturated heterocycles. The van der Waals surface area contributed by atoms with Crippen molar-refractivity contribution in [3.05, 3.63) is 27.7 Å². The molecule has 2 nitrogen and oxygen atoms in total. The molecular weight excluding hydrogens is 218 g/mol. The first-order valence-electron chi connectivity index (χ1n) is 3.84. The average molecular weight is 230 g/mol. The first kappa shape index (κ1) is 9.55. The van der Waals surface area contributed by atoms with Gasteiger partial charge in [0.25, 0.3) is 0 Å². The fourth-order valence-electron chi connectivity index (χ4n) is 1.14. The summed E-state index contributed by atoms with van der Waals surface area (Å²) < 4.78 is 0.772. The van der Waals surface area contributed by atoms with Gasteiger partial charge in [0.2, 0.25) is 0 Å². The molecular formula is C9H12BrNO. The van der Waals surface area contributed by atoms with Crippen molar-refractivity contribution in [2.75, 3.05) is 6.54 Å². The molecule has 0 radical (unpaired) electrons. The van der Waals surface area contributed by atoms with Gasteiger partial charge in [0.05, 0.1) is 4.47 Å². The van der Waals surface area contributed by atoms with Crippen LogP contribution < -0.4 is 5.73 Å². The Morgan fingerprint density at radius 1 is 1.50 bits per heavy atom. The molecule has 0 heterocycles. The summed E-state index contributed by atoms with van der Waals surface area (Å²) in [6.45, 7) is 2.60. The number of hydrogen-bond donors (Lipinski definition) is 2. The van der Waals surface area contributed by atoms with Gasteiger partial charge < -0.3 is 10.8 Å². The van der Waals surface area contributed by atoms with E-state index in [1.165, 1.54) is 5.56 Å². The van der Waals surface area contributed by atoms with Crippen LogP contribution in [0.4, 0.5) is 0 Å². The van der Waals surface area contributed by atoms with Gasteiger partial charge in [0, 0.05) is 0 Å². The van der Waals surface area contributed by atoms with Crippen LogP contribution in [0.25, 0.3) is 0 Å². The van der Waals surface area contributed by atoms with Gasteiger partial charge in [0.1, 0.15) is 5.75 Å². The van der Waals surface area contributed by atoms with Crippen LogP contribution in [-0.4, -0.2) is 11.7 Å². The summed E-state index contributed by atoms with van der Waals surface area (Å²) in [6, 6.07) is 3.59. The summed E-state index contributed by atoms with van der Waals surface area (Å²) in [4.78, 5) is 0. The largest absolute Gasteiger partial charge is 0.507 e. The fourth-order valence-corrected chi connectivity index (χ4v) is 1.52. The SMILES string of the molecule is Cc1c(CCN)ccc(O)c1Br. The molecule has 3 N–H and O–H groups in total. The number of nitrogens with two attached hydrogens (primary N) is 1. The van der Waals surface area contributed by atoms with Crippen LogP contribution in [0.15, 0.2) is 16.6 Å². The Hall–Kier alpha value is -0.540. The fraction of sp³-hybridized carbons (Fsp3) is 0.333. The van der Waals surface area contributed by atoms with E-state index >= 15 is 0 Å². The van der Waals surface area contributed by atoms with Crippen molar-refractivity contribution < 1.29 is 5.11 Å². The molecule has 0 saturated carbocycles. The second-order valence-corrected chi connectivity index (χ2v) is 3.51. The maximum absolute atomic E-state index is 9.31. The van der Waals surface area contributed by atoms with Crippen molar-refractivity contribution in [3.8, 4) is 5.75 Å². The van der Waals surface area contributed by atoms with Crippen LogP contribution in [0.1, 0.15) is 11.1 Å². The first-order chi connectivity index (χ1) is 5.66. The lowest BCUT2D eigenvalue weighted by molar-refractivity contribution is 0.471. The molecule has 0 aliphatic heterocycles. The van der Waals surface area contributed by atoms with Gasteiger partial charge in [-0.15, -0.1) is 0 Å². The molecule has 0 amide bonds. The first-order valence-corrected chi connectivity index (χ1v) is 4.63. The zero-order chi connectivity index (χ0) is 9.14. The highest BCUT2D eigenvalue weighted by Gasteiger charge is 2.05. The Kier molecular flexibility index (Phi) is 3.12. The topological polar surface area (TPSA) is 46.2 Å². The molecule has 3 heteroatoms. The van der Waals surface area contributed by atoms with Crippen molar-refractivity contribution in [1.29, 1.82) is 0 Å². The molecule has 0 aliphatic carbocycles. The molecule has 0 aromatic heterocycles. The lowest BCUT2D eigenvalue weighted by atomic mass is 10.1. The number of benzene rings is 1. The third kappa shape index (κ3) is 1.79. The van der Waals surface area contributed by atoms with E-state index in [4.69, 9.17) is 5.73 Å². The zero-order valence-corrected chi connectivity index (χ0v) is 8.56. The Labute approximate surface area is 80.5 Å². The zero-order valence-electron chi connectivity index (χ0n) is 6.97. The van der Waals surface area contributed by atoms with E-state index in [-0.39, 0.29) is 5.75 Å². The van der Waals surface area contributed by atoms with Gasteiger partial charge in [-0.3, -0.25) is 0 Å². The van der Waals surface area contributed by atoms with Crippen molar-refractivity contribution in [3.63, 3.8) is 0 Å². The molecule has 0 aliphatic rings. The summed E-state index contributed by atoms with van der Waals surface area (Å²) in [6.07, 6.45) is 0.852. The van der Waals surface area contributed by atoms with Crippen molar-refractivity contribution >= 4 is 15.9 Å². The highest BCUT2D eigenvalue weighted by molar-refractivity contribution is 9.10. The molecule has 0 atom stereocenters. The molecule has 1 aromatic rings. The van der Waals surface area contributed by atoms with Crippen LogP contribution in [0.5, 0.6) is 5.75 Å². The molecule has 66 valence electrons. The number of halogens is 1. The summed E-state index contributed by atoms with van der Waals surface area (Å²) in [5, 5.41) is 9.31. The van der Waals surface area contributed by atoms with Crippen molar-refractivity contribution in [1.82, 2.24) is 0 Å². The van der Waals surface area contributed by atoms with Gasteiger partial charge >= 0.3 is 0 Å². The molecule has 1 aromatic carbocycles. The minimum Gasteiger partial charge on any atom is -0.507 e. The average Bonchev–Trinajstić information content (AvgIpc) is 2.07. The number of phenols is 1. The normalized spacial score (nSPS) is 10.2. The molecule has 0 unspecified atom stereocenters. The van der Waals surface area contributed by atoms with Gasteiger partial charge in [-0.05, 0) is 53.0 Å². The molecule has 0 spiro atoms. The second-order valence-electron chi connectivity index (χ2n) is 2.72. The minimum atomic E-state index is 0.285. The van der Waals surface area contributed by atoms with Gasteiger partial charge in [-0.25, -0.2) is 0 Å². The predicted octanol–water partition coefficient (Wildman–Crippen LogP) is 1.96.